The summed E-state index contributed by atoms with van der Waals surface area (Å²) in [6.07, 6.45) is 0.128. The molecule has 2 heterocycles. The Kier molecular flexibility index (Phi) is 5.58. The van der Waals surface area contributed by atoms with Crippen LogP contribution in [0.3, 0.4) is 0 Å². The molecule has 1 aromatic rings. The zero-order chi connectivity index (χ0) is 20.6. The first kappa shape index (κ1) is 20.5. The number of carbonyl (C=O) groups is 3. The summed E-state index contributed by atoms with van der Waals surface area (Å²) in [7, 11) is -3.55. The maximum absolute atomic E-state index is 12.7. The monoisotopic (exact) mass is 420 g/mol. The highest BCUT2D eigenvalue weighted by molar-refractivity contribution is 7.86. The summed E-state index contributed by atoms with van der Waals surface area (Å²) >= 11 is 0. The van der Waals surface area contributed by atoms with Crippen LogP contribution in [0.25, 0.3) is 0 Å². The van der Waals surface area contributed by atoms with Crippen LogP contribution in [0.4, 0.5) is 0 Å². The van der Waals surface area contributed by atoms with Crippen molar-refractivity contribution in [2.75, 3.05) is 5.75 Å². The third-order valence-electron chi connectivity index (χ3n) is 4.43. The molecular formula is C19H24N2O5SSi. The third-order valence-corrected chi connectivity index (χ3v) is 6.97. The maximum Gasteiger partial charge on any atom is 0.341 e. The van der Waals surface area contributed by atoms with Crippen molar-refractivity contribution in [3.05, 3.63) is 47.2 Å². The first-order chi connectivity index (χ1) is 13.1. The molecule has 2 unspecified atom stereocenters. The zero-order valence-corrected chi connectivity index (χ0v) is 18.2. The molecule has 2 aliphatic rings. The molecule has 7 nitrogen and oxygen atoms in total. The molecule has 150 valence electrons. The van der Waals surface area contributed by atoms with Crippen molar-refractivity contribution >= 4 is 36.9 Å². The first-order valence-corrected chi connectivity index (χ1v) is 13.8. The van der Waals surface area contributed by atoms with E-state index in [4.69, 9.17) is 4.43 Å². The Labute approximate surface area is 167 Å². The van der Waals surface area contributed by atoms with Gasteiger partial charge in [-0.1, -0.05) is 30.3 Å². The summed E-state index contributed by atoms with van der Waals surface area (Å²) in [5.74, 6) is -1.13. The Morgan fingerprint density at radius 1 is 1.25 bits per heavy atom. The maximum atomic E-state index is 12.7. The molecule has 0 saturated carbocycles. The molecule has 0 aromatic heterocycles. The van der Waals surface area contributed by atoms with E-state index in [1.165, 1.54) is 4.90 Å². The summed E-state index contributed by atoms with van der Waals surface area (Å²) in [5, 5.41) is 1.94. The van der Waals surface area contributed by atoms with E-state index in [-0.39, 0.29) is 23.8 Å². The van der Waals surface area contributed by atoms with Crippen molar-refractivity contribution in [1.29, 1.82) is 0 Å². The molecule has 28 heavy (non-hydrogen) atoms. The molecule has 1 N–H and O–H groups in total. The molecule has 2 aliphatic heterocycles. The summed E-state index contributed by atoms with van der Waals surface area (Å²) in [5.41, 5.74) is 1.56. The number of hydrogen-bond acceptors (Lipinski definition) is 5. The van der Waals surface area contributed by atoms with Gasteiger partial charge >= 0.3 is 5.97 Å². The van der Waals surface area contributed by atoms with Crippen LogP contribution in [0.1, 0.15) is 12.5 Å². The van der Waals surface area contributed by atoms with Crippen molar-refractivity contribution in [3.63, 3.8) is 0 Å². The van der Waals surface area contributed by atoms with Gasteiger partial charge in [-0.3, -0.25) is 18.7 Å². The van der Waals surface area contributed by atoms with Gasteiger partial charge < -0.3 is 9.74 Å². The zero-order valence-electron chi connectivity index (χ0n) is 16.4. The lowest BCUT2D eigenvalue weighted by Gasteiger charge is -2.49. The highest BCUT2D eigenvalue weighted by Crippen LogP contribution is 2.35. The van der Waals surface area contributed by atoms with E-state index in [0.717, 1.165) is 5.56 Å². The van der Waals surface area contributed by atoms with Gasteiger partial charge in [0.2, 0.25) is 14.2 Å². The molecule has 0 spiro atoms. The molecule has 1 aromatic carbocycles. The Balaban J connectivity index is 1.74. The number of nitrogens with zero attached hydrogens (tertiary/aromatic N) is 1. The van der Waals surface area contributed by atoms with Crippen LogP contribution in [-0.2, 0) is 36.0 Å². The number of β-lactam (4-membered cyclic amide) rings is 1. The van der Waals surface area contributed by atoms with E-state index >= 15 is 0 Å². The second-order valence-electron chi connectivity index (χ2n) is 7.96. The van der Waals surface area contributed by atoms with Gasteiger partial charge in [-0.15, -0.1) is 0 Å². The van der Waals surface area contributed by atoms with E-state index in [9.17, 15) is 18.6 Å². The Morgan fingerprint density at radius 2 is 1.89 bits per heavy atom. The molecule has 2 amide bonds. The Hall–Kier alpha value is -2.26. The van der Waals surface area contributed by atoms with Gasteiger partial charge in [0, 0.05) is 5.75 Å². The number of fused-ring (bicyclic) bond motifs is 1. The topological polar surface area (TPSA) is 92.8 Å². The predicted molar refractivity (Wildman–Crippen MR) is 108 cm³/mol. The van der Waals surface area contributed by atoms with Crippen molar-refractivity contribution in [2.24, 2.45) is 0 Å². The van der Waals surface area contributed by atoms with Crippen LogP contribution in [0.15, 0.2) is 41.6 Å². The Morgan fingerprint density at radius 3 is 2.50 bits per heavy atom. The normalized spacial score (nSPS) is 24.4. The lowest BCUT2D eigenvalue weighted by atomic mass is 10.0. The average Bonchev–Trinajstić information content (AvgIpc) is 2.58. The van der Waals surface area contributed by atoms with Crippen LogP contribution in [0, 0.1) is 0 Å². The van der Waals surface area contributed by atoms with E-state index in [1.54, 1.807) is 6.92 Å². The number of amides is 2. The second-order valence-corrected chi connectivity index (χ2v) is 13.9. The number of carbonyl (C=O) groups excluding carboxylic acids is 3. The Bertz CT molecular complexity index is 878. The highest BCUT2D eigenvalue weighted by Gasteiger charge is 2.57. The number of benzene rings is 1. The minimum atomic E-state index is -2.15. The number of hydrogen-bond donors (Lipinski definition) is 1. The number of rotatable bonds is 5. The van der Waals surface area contributed by atoms with E-state index in [0.29, 0.717) is 5.57 Å². The minimum absolute atomic E-state index is 0.128. The van der Waals surface area contributed by atoms with Gasteiger partial charge in [0.15, 0.2) is 0 Å². The predicted octanol–water partition coefficient (Wildman–Crippen LogP) is 1.30. The van der Waals surface area contributed by atoms with Crippen molar-refractivity contribution in [1.82, 2.24) is 10.2 Å². The summed E-state index contributed by atoms with van der Waals surface area (Å²) in [4.78, 5) is 38.9. The fraction of sp³-hybridized carbons (Fsp3) is 0.421. The third kappa shape index (κ3) is 4.10. The first-order valence-electron chi connectivity index (χ1n) is 9.05. The van der Waals surface area contributed by atoms with Crippen molar-refractivity contribution in [2.45, 2.75) is 44.4 Å². The number of nitrogens with one attached hydrogen (secondary N) is 1. The average molecular weight is 421 g/mol. The molecule has 0 radical (unpaired) electrons. The highest BCUT2D eigenvalue weighted by atomic mass is 32.2. The minimum Gasteiger partial charge on any atom is -0.515 e. The smallest absolute Gasteiger partial charge is 0.341 e. The molecule has 1 fully saturated rings. The summed E-state index contributed by atoms with van der Waals surface area (Å²) in [6, 6.07) is 8.28. The second kappa shape index (κ2) is 7.63. The molecule has 3 atom stereocenters. The fourth-order valence-electron chi connectivity index (χ4n) is 3.28. The molecule has 0 bridgehead atoms. The summed E-state index contributed by atoms with van der Waals surface area (Å²) < 4.78 is 18.1. The quantitative estimate of drug-likeness (QED) is 0.572. The van der Waals surface area contributed by atoms with Crippen molar-refractivity contribution < 1.29 is 23.0 Å². The van der Waals surface area contributed by atoms with Gasteiger partial charge in [-0.2, -0.15) is 0 Å². The van der Waals surface area contributed by atoms with Crippen molar-refractivity contribution in [3.8, 4) is 0 Å². The van der Waals surface area contributed by atoms with Gasteiger partial charge in [-0.25, -0.2) is 4.79 Å². The molecule has 9 heteroatoms. The van der Waals surface area contributed by atoms with Gasteiger partial charge in [0.25, 0.3) is 5.91 Å². The molecule has 1 saturated heterocycles. The lowest BCUT2D eigenvalue weighted by molar-refractivity contribution is -0.150. The van der Waals surface area contributed by atoms with Crippen LogP contribution < -0.4 is 5.32 Å². The molecule has 3 rings (SSSR count). The van der Waals surface area contributed by atoms with E-state index in [1.807, 2.05) is 50.0 Å². The van der Waals surface area contributed by atoms with Crippen LogP contribution in [0.2, 0.25) is 19.6 Å². The summed E-state index contributed by atoms with van der Waals surface area (Å²) in [6.45, 7) is 7.32. The SMILES string of the molecule is CC1=C(C(=O)O[Si](C)(C)C)N2C(=O)C(NC(=O)Cc3ccccc3)[C@@H]2S(=O)C1. The van der Waals surface area contributed by atoms with Gasteiger partial charge in [0.1, 0.15) is 17.1 Å². The van der Waals surface area contributed by atoms with Gasteiger partial charge in [-0.05, 0) is 37.7 Å². The van der Waals surface area contributed by atoms with Crippen LogP contribution >= 0.6 is 0 Å². The largest absolute Gasteiger partial charge is 0.515 e. The molecular weight excluding hydrogens is 396 g/mol. The lowest BCUT2D eigenvalue weighted by Crippen LogP contribution is -2.73. The van der Waals surface area contributed by atoms with Gasteiger partial charge in [0.05, 0.1) is 17.2 Å². The van der Waals surface area contributed by atoms with E-state index < -0.39 is 42.4 Å². The van der Waals surface area contributed by atoms with Crippen LogP contribution in [0.5, 0.6) is 0 Å². The van der Waals surface area contributed by atoms with Crippen LogP contribution in [-0.4, -0.2) is 52.4 Å². The standard InChI is InChI=1S/C19H24N2O5SSi/c1-12-11-27(25)18-15(20-14(22)10-13-8-6-5-7-9-13)17(23)21(18)16(12)19(24)26-28(2,3)4/h5-9,15,18H,10-11H2,1-4H3,(H,20,22)/t15?,18-,27?/m0/s1. The van der Waals surface area contributed by atoms with E-state index in [2.05, 4.69) is 5.32 Å². The fourth-order valence-corrected chi connectivity index (χ4v) is 5.60. The molecule has 0 aliphatic carbocycles.